The Morgan fingerprint density at radius 3 is 2.59 bits per heavy atom. The van der Waals surface area contributed by atoms with Crippen molar-refractivity contribution >= 4 is 17.6 Å². The van der Waals surface area contributed by atoms with Crippen molar-refractivity contribution in [3.05, 3.63) is 71.5 Å². The van der Waals surface area contributed by atoms with Gasteiger partial charge < -0.3 is 33.3 Å². The number of carbonyl (C=O) groups excluding carboxylic acids is 1. The molecule has 3 heterocycles. The number of carbonyl (C=O) groups is 2. The number of ether oxygens (including phenoxy) is 3. The lowest BCUT2D eigenvalue weighted by Gasteiger charge is -2.30. The monoisotopic (exact) mass is 633 g/mol. The van der Waals surface area contributed by atoms with E-state index in [1.54, 1.807) is 7.11 Å². The van der Waals surface area contributed by atoms with E-state index >= 15 is 0 Å². The Hall–Kier alpha value is -4.02. The van der Waals surface area contributed by atoms with Gasteiger partial charge in [-0.2, -0.15) is 0 Å². The predicted octanol–water partition coefficient (Wildman–Crippen LogP) is 4.90. The van der Waals surface area contributed by atoms with Gasteiger partial charge in [-0.3, -0.25) is 14.5 Å². The summed E-state index contributed by atoms with van der Waals surface area (Å²) in [5, 5.41) is 10.7. The number of carboxylic acids is 1. The average Bonchev–Trinajstić information content (AvgIpc) is 3.73. The number of amides is 1. The van der Waals surface area contributed by atoms with Crippen molar-refractivity contribution in [1.29, 1.82) is 0 Å². The standard InChI is InChI=1S/C36H48N4O6/c1-7-8-17-39(28-12-9-11-25(18-28)23-40(3,4)5)33(41)22-38-21-29(26-19-31(44-6)35-32(20-26)45-24-46-35)34(36(42)43)30(38)15-14-27-13-10-16-37(27)2/h9-13,16,18-20,29-30,34H,7-8,14-15,17,21-24H2,1-6H3/p+1. The molecule has 1 aromatic heterocycles. The van der Waals surface area contributed by atoms with E-state index in [9.17, 15) is 14.7 Å². The number of quaternary nitrogens is 1. The van der Waals surface area contributed by atoms with Gasteiger partial charge in [0.1, 0.15) is 6.54 Å². The second kappa shape index (κ2) is 14.2. The third-order valence-electron chi connectivity index (χ3n) is 9.14. The fourth-order valence-corrected chi connectivity index (χ4v) is 6.95. The van der Waals surface area contributed by atoms with Crippen LogP contribution in [-0.4, -0.2) is 91.7 Å². The molecule has 0 bridgehead atoms. The van der Waals surface area contributed by atoms with Crippen LogP contribution in [0.4, 0.5) is 5.69 Å². The topological polar surface area (TPSA) is 93.5 Å². The minimum absolute atomic E-state index is 0.0206. The molecule has 1 fully saturated rings. The number of nitrogens with zero attached hydrogens (tertiary/aromatic N) is 4. The molecule has 248 valence electrons. The van der Waals surface area contributed by atoms with Crippen molar-refractivity contribution in [3.63, 3.8) is 0 Å². The molecule has 5 rings (SSSR count). The number of aliphatic carboxylic acids is 1. The molecule has 10 heteroatoms. The maximum absolute atomic E-state index is 14.3. The molecular formula is C36H49N4O6+. The number of hydrogen-bond acceptors (Lipinski definition) is 6. The lowest BCUT2D eigenvalue weighted by Crippen LogP contribution is -2.44. The molecule has 2 aliphatic heterocycles. The summed E-state index contributed by atoms with van der Waals surface area (Å²) in [6, 6.07) is 15.7. The van der Waals surface area contributed by atoms with E-state index in [4.69, 9.17) is 14.2 Å². The van der Waals surface area contributed by atoms with Gasteiger partial charge in [0.15, 0.2) is 11.5 Å². The lowest BCUT2D eigenvalue weighted by molar-refractivity contribution is -0.884. The zero-order valence-corrected chi connectivity index (χ0v) is 28.1. The summed E-state index contributed by atoms with van der Waals surface area (Å²) in [7, 11) is 10.0. The van der Waals surface area contributed by atoms with Gasteiger partial charge >= 0.3 is 5.97 Å². The molecule has 0 saturated carbocycles. The second-order valence-electron chi connectivity index (χ2n) is 13.6. The molecule has 2 aromatic carbocycles. The van der Waals surface area contributed by atoms with E-state index in [0.29, 0.717) is 43.2 Å². The SMILES string of the molecule is CCCCN(C(=O)CN1CC(c2cc(OC)c3c(c2)OCO3)C(C(=O)O)C1CCc1cccn1C)c1cccc(C[N+](C)(C)C)c1. The van der Waals surface area contributed by atoms with Crippen LogP contribution in [-0.2, 0) is 29.6 Å². The number of methoxy groups -OCH3 is 1. The van der Waals surface area contributed by atoms with Crippen molar-refractivity contribution < 1.29 is 33.4 Å². The van der Waals surface area contributed by atoms with Crippen LogP contribution in [0.1, 0.15) is 48.9 Å². The number of benzene rings is 2. The number of rotatable bonds is 14. The number of hydrogen-bond donors (Lipinski definition) is 1. The van der Waals surface area contributed by atoms with Crippen LogP contribution in [0.5, 0.6) is 17.2 Å². The first-order valence-corrected chi connectivity index (χ1v) is 16.2. The molecule has 3 unspecified atom stereocenters. The van der Waals surface area contributed by atoms with Crippen LogP contribution in [0.2, 0.25) is 0 Å². The van der Waals surface area contributed by atoms with Gasteiger partial charge in [-0.25, -0.2) is 0 Å². The van der Waals surface area contributed by atoms with Gasteiger partial charge in [0.05, 0.1) is 40.7 Å². The number of aryl methyl sites for hydroxylation is 2. The van der Waals surface area contributed by atoms with Gasteiger partial charge in [-0.1, -0.05) is 25.5 Å². The number of anilines is 1. The van der Waals surface area contributed by atoms with E-state index in [0.717, 1.165) is 40.8 Å². The fourth-order valence-electron chi connectivity index (χ4n) is 6.95. The number of likely N-dealkylation sites (tertiary alicyclic amines) is 1. The third-order valence-corrected chi connectivity index (χ3v) is 9.14. The second-order valence-corrected chi connectivity index (χ2v) is 13.6. The molecule has 0 spiro atoms. The van der Waals surface area contributed by atoms with E-state index in [1.807, 2.05) is 48.5 Å². The number of unbranched alkanes of at least 4 members (excludes halogenated alkanes) is 1. The number of aromatic nitrogens is 1. The Labute approximate surface area is 272 Å². The Morgan fingerprint density at radius 2 is 1.91 bits per heavy atom. The van der Waals surface area contributed by atoms with Crippen LogP contribution >= 0.6 is 0 Å². The lowest BCUT2D eigenvalue weighted by atomic mass is 9.83. The Kier molecular flexibility index (Phi) is 10.3. The summed E-state index contributed by atoms with van der Waals surface area (Å²) >= 11 is 0. The van der Waals surface area contributed by atoms with Crippen LogP contribution in [0.15, 0.2) is 54.7 Å². The first kappa shape index (κ1) is 33.3. The van der Waals surface area contributed by atoms with Gasteiger partial charge in [0.2, 0.25) is 18.4 Å². The number of fused-ring (bicyclic) bond motifs is 1. The highest BCUT2D eigenvalue weighted by Gasteiger charge is 2.47. The first-order chi connectivity index (χ1) is 22.0. The summed E-state index contributed by atoms with van der Waals surface area (Å²) in [4.78, 5) is 31.3. The van der Waals surface area contributed by atoms with E-state index in [-0.39, 0.29) is 31.2 Å². The molecule has 0 radical (unpaired) electrons. The first-order valence-electron chi connectivity index (χ1n) is 16.2. The molecule has 10 nitrogen and oxygen atoms in total. The molecule has 1 amide bonds. The van der Waals surface area contributed by atoms with Gasteiger partial charge in [-0.15, -0.1) is 0 Å². The summed E-state index contributed by atoms with van der Waals surface area (Å²) < 4.78 is 19.8. The summed E-state index contributed by atoms with van der Waals surface area (Å²) in [6.45, 7) is 4.22. The molecule has 46 heavy (non-hydrogen) atoms. The van der Waals surface area contributed by atoms with Crippen LogP contribution in [0.3, 0.4) is 0 Å². The zero-order valence-electron chi connectivity index (χ0n) is 28.1. The Bertz CT molecular complexity index is 1530. The van der Waals surface area contributed by atoms with Crippen molar-refractivity contribution in [1.82, 2.24) is 9.47 Å². The van der Waals surface area contributed by atoms with Gasteiger partial charge in [0, 0.05) is 55.2 Å². The van der Waals surface area contributed by atoms with E-state index in [2.05, 4.69) is 55.7 Å². The highest BCUT2D eigenvalue weighted by molar-refractivity contribution is 5.95. The largest absolute Gasteiger partial charge is 0.493 e. The van der Waals surface area contributed by atoms with Crippen molar-refractivity contribution in [2.24, 2.45) is 13.0 Å². The molecule has 3 atom stereocenters. The van der Waals surface area contributed by atoms with Crippen molar-refractivity contribution in [2.75, 3.05) is 59.6 Å². The normalized spacial score (nSPS) is 19.4. The quantitative estimate of drug-likeness (QED) is 0.253. The molecule has 3 aromatic rings. The zero-order chi connectivity index (χ0) is 33.0. The van der Waals surface area contributed by atoms with Crippen LogP contribution in [0, 0.1) is 5.92 Å². The Morgan fingerprint density at radius 1 is 1.11 bits per heavy atom. The van der Waals surface area contributed by atoms with Crippen molar-refractivity contribution in [3.8, 4) is 17.2 Å². The predicted molar refractivity (Wildman–Crippen MR) is 178 cm³/mol. The number of carboxylic acid groups (broad SMARTS) is 1. The smallest absolute Gasteiger partial charge is 0.308 e. The molecule has 0 aliphatic carbocycles. The molecule has 1 saturated heterocycles. The van der Waals surface area contributed by atoms with E-state index < -0.39 is 11.9 Å². The van der Waals surface area contributed by atoms with E-state index in [1.165, 1.54) is 5.56 Å². The highest BCUT2D eigenvalue weighted by atomic mass is 16.7. The molecular weight excluding hydrogens is 584 g/mol. The third kappa shape index (κ3) is 7.50. The van der Waals surface area contributed by atoms with Gasteiger partial charge in [-0.05, 0) is 61.2 Å². The summed E-state index contributed by atoms with van der Waals surface area (Å²) in [5.74, 6) is -0.393. The minimum atomic E-state index is -0.871. The highest BCUT2D eigenvalue weighted by Crippen LogP contribution is 2.47. The average molecular weight is 634 g/mol. The maximum Gasteiger partial charge on any atom is 0.308 e. The Balaban J connectivity index is 1.47. The molecule has 2 aliphatic rings. The minimum Gasteiger partial charge on any atom is -0.493 e. The van der Waals surface area contributed by atoms with Crippen molar-refractivity contribution in [2.45, 2.75) is 51.1 Å². The fraction of sp³-hybridized carbons (Fsp3) is 0.500. The summed E-state index contributed by atoms with van der Waals surface area (Å²) in [6.07, 6.45) is 5.14. The van der Waals surface area contributed by atoms with Crippen LogP contribution < -0.4 is 19.1 Å². The van der Waals surface area contributed by atoms with Gasteiger partial charge in [0.25, 0.3) is 0 Å². The molecule has 1 N–H and O–H groups in total. The summed E-state index contributed by atoms with van der Waals surface area (Å²) in [5.41, 5.74) is 3.99. The van der Waals surface area contributed by atoms with Crippen LogP contribution in [0.25, 0.3) is 0 Å². The maximum atomic E-state index is 14.3.